The molecule has 0 saturated carbocycles. The Morgan fingerprint density at radius 2 is 1.84 bits per heavy atom. The summed E-state index contributed by atoms with van der Waals surface area (Å²) in [6, 6.07) is 12.4. The summed E-state index contributed by atoms with van der Waals surface area (Å²) in [4.78, 5) is 12.6. The molecular weight excluding hydrogens is 340 g/mol. The van der Waals surface area contributed by atoms with Gasteiger partial charge in [0.05, 0.1) is 24.8 Å². The highest BCUT2D eigenvalue weighted by Gasteiger charge is 2.09. The second kappa shape index (κ2) is 7.63. The van der Waals surface area contributed by atoms with Gasteiger partial charge in [-0.15, -0.1) is 21.5 Å². The second-order valence-electron chi connectivity index (χ2n) is 4.93. The predicted octanol–water partition coefficient (Wildman–Crippen LogP) is 3.55. The van der Waals surface area contributed by atoms with E-state index < -0.39 is 0 Å². The van der Waals surface area contributed by atoms with Crippen LogP contribution in [0.1, 0.15) is 9.67 Å². The van der Waals surface area contributed by atoms with Gasteiger partial charge in [-0.2, -0.15) is 0 Å². The van der Waals surface area contributed by atoms with Gasteiger partial charge in [-0.3, -0.25) is 4.79 Å². The Hall–Kier alpha value is -3.13. The van der Waals surface area contributed by atoms with E-state index in [1.807, 2.05) is 23.6 Å². The summed E-state index contributed by atoms with van der Waals surface area (Å²) in [5, 5.41) is 15.7. The molecule has 2 N–H and O–H groups in total. The minimum Gasteiger partial charge on any atom is -0.497 e. The molecule has 8 heteroatoms. The van der Waals surface area contributed by atoms with Crippen LogP contribution in [0.25, 0.3) is 0 Å². The van der Waals surface area contributed by atoms with Crippen LogP contribution in [-0.2, 0) is 0 Å². The highest BCUT2D eigenvalue weighted by molar-refractivity contribution is 7.12. The van der Waals surface area contributed by atoms with Crippen molar-refractivity contribution in [1.29, 1.82) is 0 Å². The molecule has 3 aromatic rings. The summed E-state index contributed by atoms with van der Waals surface area (Å²) >= 11 is 1.37. The van der Waals surface area contributed by atoms with E-state index in [0.717, 1.165) is 5.69 Å². The van der Waals surface area contributed by atoms with Crippen LogP contribution in [-0.4, -0.2) is 30.3 Å². The quantitative estimate of drug-likeness (QED) is 0.702. The number of methoxy groups -OCH3 is 2. The molecule has 0 aliphatic heterocycles. The molecule has 2 heterocycles. The van der Waals surface area contributed by atoms with Gasteiger partial charge >= 0.3 is 0 Å². The molecule has 0 aliphatic carbocycles. The number of amides is 1. The summed E-state index contributed by atoms with van der Waals surface area (Å²) in [6.45, 7) is 0. The lowest BCUT2D eigenvalue weighted by Gasteiger charge is -2.11. The van der Waals surface area contributed by atoms with Gasteiger partial charge in [-0.25, -0.2) is 0 Å². The highest BCUT2D eigenvalue weighted by Crippen LogP contribution is 2.30. The molecular formula is C17H16N4O3S. The van der Waals surface area contributed by atoms with E-state index in [2.05, 4.69) is 20.8 Å². The summed E-state index contributed by atoms with van der Waals surface area (Å²) < 4.78 is 10.5. The second-order valence-corrected chi connectivity index (χ2v) is 5.87. The normalized spacial score (nSPS) is 10.2. The first-order valence-electron chi connectivity index (χ1n) is 7.37. The monoisotopic (exact) mass is 356 g/mol. The van der Waals surface area contributed by atoms with Crippen molar-refractivity contribution in [2.75, 3.05) is 24.9 Å². The zero-order valence-electron chi connectivity index (χ0n) is 13.6. The molecule has 0 saturated heterocycles. The van der Waals surface area contributed by atoms with Crippen molar-refractivity contribution in [3.8, 4) is 11.5 Å². The fourth-order valence-electron chi connectivity index (χ4n) is 2.09. The zero-order chi connectivity index (χ0) is 17.6. The van der Waals surface area contributed by atoms with Gasteiger partial charge in [0.1, 0.15) is 11.5 Å². The third-order valence-electron chi connectivity index (χ3n) is 3.32. The largest absolute Gasteiger partial charge is 0.497 e. The molecule has 0 unspecified atom stereocenters. The van der Waals surface area contributed by atoms with Crippen LogP contribution in [0.4, 0.5) is 17.3 Å². The first kappa shape index (κ1) is 16.7. The molecule has 0 spiro atoms. The Bertz CT molecular complexity index is 851. The van der Waals surface area contributed by atoms with E-state index >= 15 is 0 Å². The van der Waals surface area contributed by atoms with Gasteiger partial charge in [-0.05, 0) is 35.7 Å². The molecule has 0 bridgehead atoms. The lowest BCUT2D eigenvalue weighted by molar-refractivity contribution is 0.103. The average molecular weight is 356 g/mol. The topological polar surface area (TPSA) is 85.4 Å². The zero-order valence-corrected chi connectivity index (χ0v) is 14.5. The van der Waals surface area contributed by atoms with Gasteiger partial charge in [-0.1, -0.05) is 6.07 Å². The Morgan fingerprint density at radius 1 is 1.04 bits per heavy atom. The number of aromatic nitrogens is 2. The van der Waals surface area contributed by atoms with Crippen molar-refractivity contribution in [2.24, 2.45) is 0 Å². The molecule has 0 atom stereocenters. The molecule has 0 radical (unpaired) electrons. The minimum absolute atomic E-state index is 0.207. The number of benzene rings is 1. The van der Waals surface area contributed by atoms with Crippen LogP contribution in [0.3, 0.4) is 0 Å². The molecule has 1 amide bonds. The summed E-state index contributed by atoms with van der Waals surface area (Å²) in [5.74, 6) is 2.02. The van der Waals surface area contributed by atoms with E-state index in [9.17, 15) is 4.79 Å². The molecule has 0 fully saturated rings. The van der Waals surface area contributed by atoms with Crippen LogP contribution in [0.5, 0.6) is 11.5 Å². The molecule has 1 aromatic carbocycles. The number of anilines is 3. The Kier molecular flexibility index (Phi) is 5.10. The summed E-state index contributed by atoms with van der Waals surface area (Å²) in [7, 11) is 3.17. The minimum atomic E-state index is -0.207. The van der Waals surface area contributed by atoms with Gasteiger partial charge < -0.3 is 20.1 Å². The Labute approximate surface area is 148 Å². The van der Waals surface area contributed by atoms with E-state index in [1.54, 1.807) is 38.5 Å². The molecule has 7 nitrogen and oxygen atoms in total. The first-order chi connectivity index (χ1) is 12.2. The third kappa shape index (κ3) is 4.04. The number of hydrogen-bond donors (Lipinski definition) is 2. The number of nitrogens with one attached hydrogen (secondary N) is 2. The van der Waals surface area contributed by atoms with Gasteiger partial charge in [0.15, 0.2) is 11.6 Å². The number of carbonyl (C=O) groups is 1. The van der Waals surface area contributed by atoms with E-state index in [1.165, 1.54) is 11.3 Å². The van der Waals surface area contributed by atoms with Crippen molar-refractivity contribution >= 4 is 34.6 Å². The van der Waals surface area contributed by atoms with E-state index in [4.69, 9.17) is 9.47 Å². The number of carbonyl (C=O) groups excluding carboxylic acids is 1. The number of nitrogens with zero attached hydrogens (tertiary/aromatic N) is 2. The van der Waals surface area contributed by atoms with E-state index in [-0.39, 0.29) is 5.91 Å². The Morgan fingerprint density at radius 3 is 2.48 bits per heavy atom. The fourth-order valence-corrected chi connectivity index (χ4v) is 2.71. The standard InChI is InChI=1S/C17H16N4O3S/c1-23-11-5-6-12(13(10-11)24-2)18-15-7-8-16(21-20-15)19-17(22)14-4-3-9-25-14/h3-10H,1-2H3,(H,18,20)(H,19,21,22). The van der Waals surface area contributed by atoms with Crippen LogP contribution in [0, 0.1) is 0 Å². The maximum absolute atomic E-state index is 12.0. The molecule has 128 valence electrons. The Balaban J connectivity index is 1.69. The van der Waals surface area contributed by atoms with Gasteiger partial charge in [0, 0.05) is 6.07 Å². The summed E-state index contributed by atoms with van der Waals surface area (Å²) in [6.07, 6.45) is 0. The maximum Gasteiger partial charge on any atom is 0.266 e. The molecule has 0 aliphatic rings. The lowest BCUT2D eigenvalue weighted by Crippen LogP contribution is -2.12. The van der Waals surface area contributed by atoms with Crippen LogP contribution < -0.4 is 20.1 Å². The SMILES string of the molecule is COc1ccc(Nc2ccc(NC(=O)c3cccs3)nn2)c(OC)c1. The average Bonchev–Trinajstić information content (AvgIpc) is 3.18. The number of hydrogen-bond acceptors (Lipinski definition) is 7. The molecule has 3 rings (SSSR count). The fraction of sp³-hybridized carbons (Fsp3) is 0.118. The van der Waals surface area contributed by atoms with Crippen molar-refractivity contribution in [1.82, 2.24) is 10.2 Å². The van der Waals surface area contributed by atoms with Gasteiger partial charge in [0.25, 0.3) is 5.91 Å². The van der Waals surface area contributed by atoms with Gasteiger partial charge in [0.2, 0.25) is 0 Å². The maximum atomic E-state index is 12.0. The van der Waals surface area contributed by atoms with Crippen LogP contribution in [0.2, 0.25) is 0 Å². The van der Waals surface area contributed by atoms with Crippen molar-refractivity contribution in [3.05, 3.63) is 52.7 Å². The third-order valence-corrected chi connectivity index (χ3v) is 4.19. The highest BCUT2D eigenvalue weighted by atomic mass is 32.1. The van der Waals surface area contributed by atoms with Crippen molar-refractivity contribution in [2.45, 2.75) is 0 Å². The molecule has 2 aromatic heterocycles. The number of thiophene rings is 1. The number of ether oxygens (including phenoxy) is 2. The van der Waals surface area contributed by atoms with Crippen molar-refractivity contribution < 1.29 is 14.3 Å². The summed E-state index contributed by atoms with van der Waals surface area (Å²) in [5.41, 5.74) is 0.730. The smallest absolute Gasteiger partial charge is 0.266 e. The lowest BCUT2D eigenvalue weighted by atomic mass is 10.2. The predicted molar refractivity (Wildman–Crippen MR) is 97.1 cm³/mol. The molecule has 25 heavy (non-hydrogen) atoms. The van der Waals surface area contributed by atoms with Crippen molar-refractivity contribution in [3.63, 3.8) is 0 Å². The van der Waals surface area contributed by atoms with Crippen LogP contribution in [0.15, 0.2) is 47.8 Å². The number of rotatable bonds is 6. The van der Waals surface area contributed by atoms with E-state index in [0.29, 0.717) is 28.0 Å². The van der Waals surface area contributed by atoms with Crippen LogP contribution >= 0.6 is 11.3 Å². The first-order valence-corrected chi connectivity index (χ1v) is 8.25.